The molecule has 3 atom stereocenters. The van der Waals surface area contributed by atoms with Crippen molar-refractivity contribution >= 4 is 25.7 Å². The third kappa shape index (κ3) is 38.6. The number of carbonyl (C=O) groups is 3. The Balaban J connectivity index is 4.35. The highest BCUT2D eigenvalue weighted by molar-refractivity contribution is 7.47. The van der Waals surface area contributed by atoms with Gasteiger partial charge in [0, 0.05) is 12.8 Å². The minimum absolute atomic E-state index is 0.162. The quantitative estimate of drug-likeness (QED) is 0.0232. The number of esters is 2. The average molecular weight is 802 g/mol. The van der Waals surface area contributed by atoms with Gasteiger partial charge in [-0.3, -0.25) is 23.4 Å². The van der Waals surface area contributed by atoms with Gasteiger partial charge in [0.05, 0.1) is 13.2 Å². The third-order valence-corrected chi connectivity index (χ3v) is 10.4. The second-order valence-corrected chi connectivity index (χ2v) is 16.3. The van der Waals surface area contributed by atoms with Crippen molar-refractivity contribution in [3.8, 4) is 0 Å². The first-order chi connectivity index (χ1) is 26.6. The van der Waals surface area contributed by atoms with Gasteiger partial charge in [0.25, 0.3) is 0 Å². The minimum Gasteiger partial charge on any atom is -0.480 e. The maximum Gasteiger partial charge on any atom is 0.472 e. The Morgan fingerprint density at radius 3 is 1.47 bits per heavy atom. The molecule has 0 amide bonds. The van der Waals surface area contributed by atoms with E-state index in [2.05, 4.69) is 42.7 Å². The number of aliphatic carboxylic acids is 1. The zero-order valence-corrected chi connectivity index (χ0v) is 35.7. The van der Waals surface area contributed by atoms with Gasteiger partial charge in [-0.05, 0) is 38.5 Å². The van der Waals surface area contributed by atoms with Gasteiger partial charge in [-0.25, -0.2) is 4.57 Å². The lowest BCUT2D eigenvalue weighted by Gasteiger charge is -2.20. The molecule has 0 fully saturated rings. The highest BCUT2D eigenvalue weighted by Gasteiger charge is 2.28. The zero-order chi connectivity index (χ0) is 40.7. The SMILES string of the molecule is CCCC/C=C\C/C=C\CCCCCCCC(=O)OC[C@H](COP(=O)(O)OC[C@H](N)C(=O)O)OC(=O)CCCCCCCCCCCCCCCCCCC. The number of ether oxygens (including phenoxy) is 2. The first-order valence-corrected chi connectivity index (χ1v) is 23.4. The fourth-order valence-corrected chi connectivity index (χ4v) is 6.74. The van der Waals surface area contributed by atoms with Gasteiger partial charge >= 0.3 is 25.7 Å². The van der Waals surface area contributed by atoms with Crippen LogP contribution in [0.4, 0.5) is 0 Å². The molecule has 4 N–H and O–H groups in total. The molecule has 0 aromatic rings. The van der Waals surface area contributed by atoms with E-state index in [9.17, 15) is 23.8 Å². The van der Waals surface area contributed by atoms with Crippen LogP contribution in [0.15, 0.2) is 24.3 Å². The number of carbonyl (C=O) groups excluding carboxylic acids is 2. The Bertz CT molecular complexity index is 1040. The molecule has 0 rings (SSSR count). The van der Waals surface area contributed by atoms with E-state index in [0.29, 0.717) is 12.8 Å². The lowest BCUT2D eigenvalue weighted by molar-refractivity contribution is -0.161. The lowest BCUT2D eigenvalue weighted by Crippen LogP contribution is -2.34. The Morgan fingerprint density at radius 2 is 0.982 bits per heavy atom. The normalized spacial score (nSPS) is 14.0. The molecule has 11 nitrogen and oxygen atoms in total. The van der Waals surface area contributed by atoms with Crippen LogP contribution in [0.2, 0.25) is 0 Å². The van der Waals surface area contributed by atoms with Gasteiger partial charge in [0.15, 0.2) is 6.10 Å². The number of allylic oxidation sites excluding steroid dienone is 4. The molecule has 0 aliphatic carbocycles. The number of carboxylic acids is 1. The van der Waals surface area contributed by atoms with E-state index in [1.54, 1.807) is 0 Å². The summed E-state index contributed by atoms with van der Waals surface area (Å²) in [4.78, 5) is 45.9. The summed E-state index contributed by atoms with van der Waals surface area (Å²) in [5.41, 5.74) is 5.33. The van der Waals surface area contributed by atoms with Gasteiger partial charge in [-0.15, -0.1) is 0 Å². The highest BCUT2D eigenvalue weighted by atomic mass is 31.2. The molecule has 0 spiro atoms. The van der Waals surface area contributed by atoms with Gasteiger partial charge in [-0.2, -0.15) is 0 Å². The Hall–Kier alpha value is -2.04. The van der Waals surface area contributed by atoms with E-state index < -0.39 is 51.1 Å². The molecule has 0 heterocycles. The molecule has 55 heavy (non-hydrogen) atoms. The number of phosphoric ester groups is 1. The summed E-state index contributed by atoms with van der Waals surface area (Å²) in [6.45, 7) is 2.76. The van der Waals surface area contributed by atoms with Crippen LogP contribution in [0, 0.1) is 0 Å². The van der Waals surface area contributed by atoms with Crippen molar-refractivity contribution in [1.82, 2.24) is 0 Å². The van der Waals surface area contributed by atoms with Crippen molar-refractivity contribution in [2.75, 3.05) is 19.8 Å². The average Bonchev–Trinajstić information content (AvgIpc) is 3.16. The summed E-state index contributed by atoms with van der Waals surface area (Å²) in [5, 5.41) is 8.88. The van der Waals surface area contributed by atoms with Crippen LogP contribution < -0.4 is 5.73 Å². The predicted molar refractivity (Wildman–Crippen MR) is 222 cm³/mol. The first-order valence-electron chi connectivity index (χ1n) is 21.9. The van der Waals surface area contributed by atoms with Crippen molar-refractivity contribution in [1.29, 1.82) is 0 Å². The largest absolute Gasteiger partial charge is 0.480 e. The number of carboxylic acid groups (broad SMARTS) is 1. The number of unbranched alkanes of at least 4 members (excludes halogenated alkanes) is 23. The standard InChI is InChI=1S/C43H80NO10P/c1-3-5-7-9-11-13-15-17-19-20-21-23-25-27-29-31-33-35-42(46)54-39(37-52-55(49,50)53-38-40(44)43(47)48)36-51-41(45)34-32-30-28-26-24-22-18-16-14-12-10-8-6-4-2/h10,12,16,18,39-40H,3-9,11,13-15,17,19-38,44H2,1-2H3,(H,47,48)(H,49,50)/b12-10-,18-16-/t39-,40+/m1/s1. The molecule has 0 aromatic heterocycles. The van der Waals surface area contributed by atoms with Crippen molar-refractivity contribution in [3.63, 3.8) is 0 Å². The molecular formula is C43H80NO10P. The lowest BCUT2D eigenvalue weighted by atomic mass is 10.0. The van der Waals surface area contributed by atoms with Crippen molar-refractivity contribution < 1.29 is 47.5 Å². The summed E-state index contributed by atoms with van der Waals surface area (Å²) in [6.07, 6.45) is 39.5. The van der Waals surface area contributed by atoms with E-state index in [1.165, 1.54) is 96.3 Å². The van der Waals surface area contributed by atoms with Crippen LogP contribution in [-0.4, -0.2) is 59.9 Å². The second kappa shape index (κ2) is 38.8. The van der Waals surface area contributed by atoms with E-state index in [1.807, 2.05) is 0 Å². The molecule has 0 bridgehead atoms. The summed E-state index contributed by atoms with van der Waals surface area (Å²) in [7, 11) is -4.71. The third-order valence-electron chi connectivity index (χ3n) is 9.45. The monoisotopic (exact) mass is 802 g/mol. The van der Waals surface area contributed by atoms with E-state index >= 15 is 0 Å². The molecule has 0 saturated heterocycles. The number of hydrogen-bond acceptors (Lipinski definition) is 9. The van der Waals surface area contributed by atoms with Crippen LogP contribution in [0.3, 0.4) is 0 Å². The van der Waals surface area contributed by atoms with Crippen molar-refractivity contribution in [3.05, 3.63) is 24.3 Å². The molecule has 0 aromatic carbocycles. The van der Waals surface area contributed by atoms with Gasteiger partial charge in [0.2, 0.25) is 0 Å². The molecule has 0 radical (unpaired) electrons. The number of nitrogens with two attached hydrogens (primary N) is 1. The minimum atomic E-state index is -4.71. The Kier molecular flexibility index (Phi) is 37.4. The van der Waals surface area contributed by atoms with Crippen LogP contribution in [-0.2, 0) is 37.5 Å². The summed E-state index contributed by atoms with van der Waals surface area (Å²) < 4.78 is 32.7. The van der Waals surface area contributed by atoms with Crippen LogP contribution in [0.1, 0.15) is 200 Å². The zero-order valence-electron chi connectivity index (χ0n) is 34.8. The van der Waals surface area contributed by atoms with Crippen LogP contribution in [0.25, 0.3) is 0 Å². The fourth-order valence-electron chi connectivity index (χ4n) is 5.96. The summed E-state index contributed by atoms with van der Waals surface area (Å²) >= 11 is 0. The fraction of sp³-hybridized carbons (Fsp3) is 0.837. The van der Waals surface area contributed by atoms with Gasteiger partial charge in [-0.1, -0.05) is 173 Å². The molecule has 0 aliphatic rings. The Labute approximate surface area is 334 Å². The smallest absolute Gasteiger partial charge is 0.472 e. The molecular weight excluding hydrogens is 721 g/mol. The topological polar surface area (TPSA) is 172 Å². The number of phosphoric acid groups is 1. The van der Waals surface area contributed by atoms with E-state index in [0.717, 1.165) is 64.2 Å². The molecule has 1 unspecified atom stereocenters. The van der Waals surface area contributed by atoms with Gasteiger partial charge < -0.3 is 25.2 Å². The molecule has 0 saturated carbocycles. The highest BCUT2D eigenvalue weighted by Crippen LogP contribution is 2.43. The maximum atomic E-state index is 12.6. The molecule has 322 valence electrons. The second-order valence-electron chi connectivity index (χ2n) is 14.8. The van der Waals surface area contributed by atoms with E-state index in [-0.39, 0.29) is 19.4 Å². The molecule has 0 aliphatic heterocycles. The summed E-state index contributed by atoms with van der Waals surface area (Å²) in [5.74, 6) is -2.39. The Morgan fingerprint density at radius 1 is 0.564 bits per heavy atom. The number of hydrogen-bond donors (Lipinski definition) is 3. The maximum absolute atomic E-state index is 12.6. The van der Waals surface area contributed by atoms with Crippen molar-refractivity contribution in [2.45, 2.75) is 212 Å². The van der Waals surface area contributed by atoms with E-state index in [4.69, 9.17) is 24.8 Å². The van der Waals surface area contributed by atoms with Crippen LogP contribution in [0.5, 0.6) is 0 Å². The summed E-state index contributed by atoms with van der Waals surface area (Å²) in [6, 6.07) is -1.52. The first kappa shape index (κ1) is 53.0. The molecule has 12 heteroatoms. The van der Waals surface area contributed by atoms with Gasteiger partial charge in [0.1, 0.15) is 12.6 Å². The van der Waals surface area contributed by atoms with Crippen LogP contribution >= 0.6 is 7.82 Å². The predicted octanol–water partition coefficient (Wildman–Crippen LogP) is 11.5. The van der Waals surface area contributed by atoms with Crippen molar-refractivity contribution in [2.24, 2.45) is 5.73 Å². The number of rotatable bonds is 41.